The highest BCUT2D eigenvalue weighted by Crippen LogP contribution is 2.05. The molecule has 4 heteroatoms. The number of benzene rings is 1. The van der Waals surface area contributed by atoms with E-state index >= 15 is 0 Å². The van der Waals surface area contributed by atoms with Gasteiger partial charge in [0.25, 0.3) is 5.56 Å². The molecular weight excluding hydrogens is 214 g/mol. The third-order valence-corrected chi connectivity index (χ3v) is 2.65. The second kappa shape index (κ2) is 5.30. The molecule has 0 saturated carbocycles. The van der Waals surface area contributed by atoms with Crippen LogP contribution >= 0.6 is 0 Å². The van der Waals surface area contributed by atoms with Crippen molar-refractivity contribution in [2.75, 3.05) is 5.73 Å². The number of nitrogens with two attached hydrogens (primary N) is 1. The molecule has 17 heavy (non-hydrogen) atoms. The van der Waals surface area contributed by atoms with Gasteiger partial charge >= 0.3 is 0 Å². The molecule has 4 nitrogen and oxygen atoms in total. The molecule has 0 unspecified atom stereocenters. The number of aromatic amines is 1. The van der Waals surface area contributed by atoms with Gasteiger partial charge in [-0.15, -0.1) is 0 Å². The van der Waals surface area contributed by atoms with Crippen LogP contribution in [0.4, 0.5) is 5.95 Å². The first-order valence-corrected chi connectivity index (χ1v) is 5.63. The van der Waals surface area contributed by atoms with Gasteiger partial charge in [-0.3, -0.25) is 9.78 Å². The number of H-pyrrole nitrogens is 1. The van der Waals surface area contributed by atoms with Crippen molar-refractivity contribution in [1.29, 1.82) is 0 Å². The third-order valence-electron chi connectivity index (χ3n) is 2.65. The van der Waals surface area contributed by atoms with Crippen LogP contribution in [0.2, 0.25) is 0 Å². The average Bonchev–Trinajstić information content (AvgIpc) is 2.33. The first-order chi connectivity index (χ1) is 8.25. The van der Waals surface area contributed by atoms with Gasteiger partial charge in [0, 0.05) is 11.8 Å². The molecule has 1 aromatic heterocycles. The van der Waals surface area contributed by atoms with Crippen LogP contribution in [0.25, 0.3) is 0 Å². The Labute approximate surface area is 99.5 Å². The number of aryl methyl sites for hydroxylation is 2. The Balaban J connectivity index is 1.93. The molecule has 0 atom stereocenters. The van der Waals surface area contributed by atoms with E-state index in [1.807, 2.05) is 18.2 Å². The summed E-state index contributed by atoms with van der Waals surface area (Å²) in [6.07, 6.45) is 4.17. The zero-order valence-corrected chi connectivity index (χ0v) is 9.52. The van der Waals surface area contributed by atoms with Crippen molar-refractivity contribution in [2.24, 2.45) is 0 Å². The molecule has 0 aliphatic rings. The fourth-order valence-electron chi connectivity index (χ4n) is 1.74. The van der Waals surface area contributed by atoms with Gasteiger partial charge in [0.2, 0.25) is 0 Å². The van der Waals surface area contributed by atoms with Crippen molar-refractivity contribution >= 4 is 5.95 Å². The van der Waals surface area contributed by atoms with Crippen LogP contribution in [-0.2, 0) is 12.8 Å². The van der Waals surface area contributed by atoms with Crippen molar-refractivity contribution in [3.05, 3.63) is 58.0 Å². The summed E-state index contributed by atoms with van der Waals surface area (Å²) in [4.78, 5) is 17.9. The number of nitrogens with zero attached hydrogens (tertiary/aromatic N) is 1. The number of hydrogen-bond donors (Lipinski definition) is 2. The molecule has 0 spiro atoms. The molecule has 88 valence electrons. The van der Waals surface area contributed by atoms with Crippen molar-refractivity contribution in [3.63, 3.8) is 0 Å². The minimum Gasteiger partial charge on any atom is -0.369 e. The molecule has 0 aliphatic carbocycles. The van der Waals surface area contributed by atoms with Crippen LogP contribution in [-0.4, -0.2) is 9.97 Å². The van der Waals surface area contributed by atoms with E-state index in [9.17, 15) is 4.79 Å². The van der Waals surface area contributed by atoms with Gasteiger partial charge in [-0.1, -0.05) is 30.3 Å². The third kappa shape index (κ3) is 3.17. The van der Waals surface area contributed by atoms with Gasteiger partial charge in [-0.2, -0.15) is 0 Å². The van der Waals surface area contributed by atoms with Crippen LogP contribution in [0.15, 0.2) is 41.3 Å². The summed E-state index contributed by atoms with van der Waals surface area (Å²) < 4.78 is 0. The zero-order valence-electron chi connectivity index (χ0n) is 9.52. The highest BCUT2D eigenvalue weighted by Gasteiger charge is 2.01. The fourth-order valence-corrected chi connectivity index (χ4v) is 1.74. The van der Waals surface area contributed by atoms with E-state index in [1.54, 1.807) is 6.20 Å². The monoisotopic (exact) mass is 229 g/mol. The van der Waals surface area contributed by atoms with Crippen molar-refractivity contribution in [2.45, 2.75) is 19.3 Å². The molecule has 1 aromatic carbocycles. The Kier molecular flexibility index (Phi) is 3.55. The lowest BCUT2D eigenvalue weighted by atomic mass is 10.1. The van der Waals surface area contributed by atoms with Gasteiger partial charge in [-0.25, -0.2) is 4.98 Å². The van der Waals surface area contributed by atoms with Crippen molar-refractivity contribution < 1.29 is 0 Å². The van der Waals surface area contributed by atoms with E-state index < -0.39 is 0 Å². The molecule has 2 aromatic rings. The van der Waals surface area contributed by atoms with E-state index in [4.69, 9.17) is 5.73 Å². The summed E-state index contributed by atoms with van der Waals surface area (Å²) in [5.74, 6) is 0.168. The Morgan fingerprint density at radius 3 is 2.65 bits per heavy atom. The summed E-state index contributed by atoms with van der Waals surface area (Å²) >= 11 is 0. The first-order valence-electron chi connectivity index (χ1n) is 5.63. The predicted octanol–water partition coefficient (Wildman–Crippen LogP) is 1.53. The SMILES string of the molecule is Nc1ncc(CCCc2ccccc2)c(=O)[nH]1. The molecule has 0 bridgehead atoms. The van der Waals surface area contributed by atoms with Gasteiger partial charge in [0.1, 0.15) is 0 Å². The number of hydrogen-bond acceptors (Lipinski definition) is 3. The highest BCUT2D eigenvalue weighted by molar-refractivity contribution is 5.18. The minimum atomic E-state index is -0.134. The van der Waals surface area contributed by atoms with Gasteiger partial charge in [-0.05, 0) is 24.8 Å². The highest BCUT2D eigenvalue weighted by atomic mass is 16.1. The van der Waals surface area contributed by atoms with Crippen LogP contribution in [0.3, 0.4) is 0 Å². The van der Waals surface area contributed by atoms with Crippen molar-refractivity contribution in [3.8, 4) is 0 Å². The van der Waals surface area contributed by atoms with E-state index in [-0.39, 0.29) is 11.5 Å². The number of nitrogens with one attached hydrogen (secondary N) is 1. The fraction of sp³-hybridized carbons (Fsp3) is 0.231. The lowest BCUT2D eigenvalue weighted by Crippen LogP contribution is -2.15. The molecule has 0 aliphatic heterocycles. The quantitative estimate of drug-likeness (QED) is 0.835. The molecule has 0 saturated heterocycles. The maximum atomic E-state index is 11.5. The molecule has 0 amide bonds. The normalized spacial score (nSPS) is 10.4. The molecular formula is C13H15N3O. The Hall–Kier alpha value is -2.10. The molecule has 1 heterocycles. The first kappa shape index (κ1) is 11.4. The summed E-state index contributed by atoms with van der Waals surface area (Å²) in [6, 6.07) is 10.2. The minimum absolute atomic E-state index is 0.134. The lowest BCUT2D eigenvalue weighted by Gasteiger charge is -2.01. The zero-order chi connectivity index (χ0) is 12.1. The average molecular weight is 229 g/mol. The Morgan fingerprint density at radius 2 is 1.94 bits per heavy atom. The standard InChI is InChI=1S/C13H15N3O/c14-13-15-9-11(12(17)16-13)8-4-7-10-5-2-1-3-6-10/h1-3,5-6,9H,4,7-8H2,(H3,14,15,16,17). The second-order valence-electron chi connectivity index (χ2n) is 3.96. The number of aromatic nitrogens is 2. The number of anilines is 1. The maximum absolute atomic E-state index is 11.5. The smallest absolute Gasteiger partial charge is 0.255 e. The maximum Gasteiger partial charge on any atom is 0.255 e. The summed E-state index contributed by atoms with van der Waals surface area (Å²) in [6.45, 7) is 0. The lowest BCUT2D eigenvalue weighted by molar-refractivity contribution is 0.805. The number of rotatable bonds is 4. The Bertz CT molecular complexity index is 534. The molecule has 0 fully saturated rings. The molecule has 2 rings (SSSR count). The van der Waals surface area contributed by atoms with Gasteiger partial charge in [0.05, 0.1) is 0 Å². The van der Waals surface area contributed by atoms with E-state index in [1.165, 1.54) is 5.56 Å². The van der Waals surface area contributed by atoms with Crippen LogP contribution in [0.1, 0.15) is 17.5 Å². The van der Waals surface area contributed by atoms with Crippen LogP contribution in [0.5, 0.6) is 0 Å². The van der Waals surface area contributed by atoms with E-state index in [0.29, 0.717) is 5.56 Å². The molecule has 3 N–H and O–H groups in total. The predicted molar refractivity (Wildman–Crippen MR) is 67.7 cm³/mol. The Morgan fingerprint density at radius 1 is 1.18 bits per heavy atom. The van der Waals surface area contributed by atoms with Gasteiger partial charge in [0.15, 0.2) is 5.95 Å². The largest absolute Gasteiger partial charge is 0.369 e. The van der Waals surface area contributed by atoms with Crippen LogP contribution < -0.4 is 11.3 Å². The summed E-state index contributed by atoms with van der Waals surface area (Å²) in [5.41, 5.74) is 7.22. The molecule has 0 radical (unpaired) electrons. The van der Waals surface area contributed by atoms with E-state index in [0.717, 1.165) is 19.3 Å². The summed E-state index contributed by atoms with van der Waals surface area (Å²) in [7, 11) is 0. The number of nitrogen functional groups attached to an aromatic ring is 1. The second-order valence-corrected chi connectivity index (χ2v) is 3.96. The van der Waals surface area contributed by atoms with Gasteiger partial charge < -0.3 is 5.73 Å². The summed E-state index contributed by atoms with van der Waals surface area (Å²) in [5, 5.41) is 0. The topological polar surface area (TPSA) is 71.8 Å². The van der Waals surface area contributed by atoms with Crippen molar-refractivity contribution in [1.82, 2.24) is 9.97 Å². The van der Waals surface area contributed by atoms with E-state index in [2.05, 4.69) is 22.1 Å². The van der Waals surface area contributed by atoms with Crippen LogP contribution in [0, 0.1) is 0 Å².